The second kappa shape index (κ2) is 7.96. The van der Waals surface area contributed by atoms with E-state index >= 15 is 0 Å². The van der Waals surface area contributed by atoms with Crippen LogP contribution in [0.2, 0.25) is 0 Å². The topological polar surface area (TPSA) is 130 Å². The first kappa shape index (κ1) is 19.2. The Balaban J connectivity index is 1.77. The molecule has 26 heavy (non-hydrogen) atoms. The number of tetrazole rings is 1. The summed E-state index contributed by atoms with van der Waals surface area (Å²) in [5.74, 6) is -1.05. The average molecular weight is 463 g/mol. The minimum Gasteiger partial charge on any atom is -0.477 e. The number of rotatable bonds is 7. The lowest BCUT2D eigenvalue weighted by Crippen LogP contribution is -2.70. The highest BCUT2D eigenvalue weighted by Crippen LogP contribution is 2.41. The number of hydrogen-bond donors (Lipinski definition) is 2. The van der Waals surface area contributed by atoms with E-state index in [4.69, 9.17) is 0 Å². The van der Waals surface area contributed by atoms with E-state index in [0.717, 1.165) is 0 Å². The molecule has 0 spiro atoms. The van der Waals surface area contributed by atoms with E-state index in [1.807, 2.05) is 6.92 Å². The van der Waals surface area contributed by atoms with Crippen LogP contribution in [-0.4, -0.2) is 76.2 Å². The summed E-state index contributed by atoms with van der Waals surface area (Å²) in [6.07, 6.45) is 0. The summed E-state index contributed by atoms with van der Waals surface area (Å²) in [6.45, 7) is 2.51. The summed E-state index contributed by atoms with van der Waals surface area (Å²) in [6, 6.07) is -0.694. The largest absolute Gasteiger partial charge is 0.477 e. The Labute approximate surface area is 165 Å². The molecule has 0 saturated carbocycles. The van der Waals surface area contributed by atoms with Gasteiger partial charge in [0.2, 0.25) is 11.1 Å². The van der Waals surface area contributed by atoms with Crippen LogP contribution < -0.4 is 5.32 Å². The van der Waals surface area contributed by atoms with Crippen molar-refractivity contribution < 1.29 is 19.5 Å². The Morgan fingerprint density at radius 3 is 2.92 bits per heavy atom. The molecule has 1 aromatic rings. The van der Waals surface area contributed by atoms with Crippen molar-refractivity contribution in [3.05, 3.63) is 11.3 Å². The second-order valence-corrected chi connectivity index (χ2v) is 8.02. The van der Waals surface area contributed by atoms with E-state index in [1.165, 1.54) is 28.4 Å². The Morgan fingerprint density at radius 2 is 2.27 bits per heavy atom. The molecule has 2 aliphatic rings. The highest BCUT2D eigenvalue weighted by atomic mass is 79.9. The number of nitrogens with zero attached hydrogens (tertiary/aromatic N) is 5. The van der Waals surface area contributed by atoms with Gasteiger partial charge in [-0.3, -0.25) is 14.5 Å². The minimum atomic E-state index is -1.15. The standard InChI is InChI=1S/C13H15BrN6O4S2/c1-2-19-13(16-17-18-19)26-5-6-4-25-11-8(15-7(21)3-14)10(22)20(11)9(6)12(23)24/h8,11H,2-5H2,1H3,(H,15,21)(H,23,24)/t8?,11-/m1/s1. The number of carboxylic acids is 1. The normalized spacial score (nSPS) is 22.1. The van der Waals surface area contributed by atoms with Crippen molar-refractivity contribution in [3.63, 3.8) is 0 Å². The van der Waals surface area contributed by atoms with E-state index < -0.39 is 23.3 Å². The molecule has 2 amide bonds. The number of carboxylic acid groups (broad SMARTS) is 1. The molecule has 1 aromatic heterocycles. The molecular formula is C13H15BrN6O4S2. The monoisotopic (exact) mass is 462 g/mol. The van der Waals surface area contributed by atoms with Gasteiger partial charge >= 0.3 is 5.97 Å². The molecule has 13 heteroatoms. The Bertz CT molecular complexity index is 784. The highest BCUT2D eigenvalue weighted by molar-refractivity contribution is 9.09. The van der Waals surface area contributed by atoms with Crippen LogP contribution >= 0.6 is 39.5 Å². The van der Waals surface area contributed by atoms with Crippen molar-refractivity contribution in [2.75, 3.05) is 16.8 Å². The number of alkyl halides is 1. The zero-order valence-electron chi connectivity index (χ0n) is 13.6. The minimum absolute atomic E-state index is 0.00823. The van der Waals surface area contributed by atoms with Crippen molar-refractivity contribution in [2.24, 2.45) is 0 Å². The Kier molecular flexibility index (Phi) is 5.87. The zero-order valence-corrected chi connectivity index (χ0v) is 16.8. The number of aromatic nitrogens is 4. The van der Waals surface area contributed by atoms with Gasteiger partial charge in [0.25, 0.3) is 5.91 Å². The smallest absolute Gasteiger partial charge is 0.352 e. The molecule has 0 aliphatic carbocycles. The number of carbonyl (C=O) groups is 3. The van der Waals surface area contributed by atoms with Crippen molar-refractivity contribution >= 4 is 57.2 Å². The van der Waals surface area contributed by atoms with Crippen molar-refractivity contribution in [2.45, 2.75) is 30.0 Å². The molecule has 140 valence electrons. The molecule has 3 rings (SSSR count). The van der Waals surface area contributed by atoms with Crippen LogP contribution in [0.3, 0.4) is 0 Å². The number of nitrogens with one attached hydrogen (secondary N) is 1. The number of fused-ring (bicyclic) bond motifs is 1. The maximum absolute atomic E-state index is 12.4. The molecule has 1 fully saturated rings. The number of β-lactam (4-membered cyclic amide) rings is 1. The average Bonchev–Trinajstić information content (AvgIpc) is 3.10. The highest BCUT2D eigenvalue weighted by Gasteiger charge is 2.54. The van der Waals surface area contributed by atoms with Crippen molar-refractivity contribution in [1.82, 2.24) is 30.4 Å². The van der Waals surface area contributed by atoms with Crippen LogP contribution in [0.5, 0.6) is 0 Å². The van der Waals surface area contributed by atoms with Crippen LogP contribution in [0.25, 0.3) is 0 Å². The SMILES string of the molecule is CCn1nnnc1SCC1=C(C(=O)O)N2C(=O)C(NC(=O)CBr)[C@H]2SC1. The van der Waals surface area contributed by atoms with Gasteiger partial charge in [-0.2, -0.15) is 0 Å². The number of amides is 2. The summed E-state index contributed by atoms with van der Waals surface area (Å²) in [7, 11) is 0. The van der Waals surface area contributed by atoms with Crippen LogP contribution in [0, 0.1) is 0 Å². The van der Waals surface area contributed by atoms with Gasteiger partial charge in [0.1, 0.15) is 17.1 Å². The number of hydrogen-bond acceptors (Lipinski definition) is 8. The van der Waals surface area contributed by atoms with E-state index in [9.17, 15) is 19.5 Å². The van der Waals surface area contributed by atoms with Gasteiger partial charge in [0.05, 0.1) is 5.33 Å². The fraction of sp³-hybridized carbons (Fsp3) is 0.538. The molecule has 2 N–H and O–H groups in total. The predicted octanol–water partition coefficient (Wildman–Crippen LogP) is -0.0814. The van der Waals surface area contributed by atoms with Gasteiger partial charge in [0, 0.05) is 18.1 Å². The number of halogens is 1. The lowest BCUT2D eigenvalue weighted by atomic mass is 10.0. The van der Waals surface area contributed by atoms with Crippen LogP contribution in [0.1, 0.15) is 6.92 Å². The predicted molar refractivity (Wildman–Crippen MR) is 97.7 cm³/mol. The summed E-state index contributed by atoms with van der Waals surface area (Å²) in [4.78, 5) is 36.9. The van der Waals surface area contributed by atoms with Crippen LogP contribution in [-0.2, 0) is 20.9 Å². The molecule has 3 heterocycles. The first-order valence-electron chi connectivity index (χ1n) is 7.62. The fourth-order valence-electron chi connectivity index (χ4n) is 2.66. The van der Waals surface area contributed by atoms with E-state index in [-0.39, 0.29) is 16.9 Å². The van der Waals surface area contributed by atoms with Crippen LogP contribution in [0.4, 0.5) is 0 Å². The molecule has 2 atom stereocenters. The van der Waals surface area contributed by atoms with E-state index in [1.54, 1.807) is 4.68 Å². The maximum Gasteiger partial charge on any atom is 0.352 e. The van der Waals surface area contributed by atoms with Gasteiger partial charge in [-0.25, -0.2) is 9.48 Å². The first-order valence-corrected chi connectivity index (χ1v) is 10.8. The zero-order chi connectivity index (χ0) is 18.8. The molecule has 2 aliphatic heterocycles. The Hall–Kier alpha value is -1.60. The van der Waals surface area contributed by atoms with Gasteiger partial charge in [0.15, 0.2) is 0 Å². The number of aliphatic carboxylic acids is 1. The third kappa shape index (κ3) is 3.47. The lowest BCUT2D eigenvalue weighted by Gasteiger charge is -2.49. The molecule has 1 saturated heterocycles. The molecule has 0 radical (unpaired) electrons. The molecule has 10 nitrogen and oxygen atoms in total. The molecular weight excluding hydrogens is 448 g/mol. The first-order chi connectivity index (χ1) is 12.5. The van der Waals surface area contributed by atoms with Gasteiger partial charge < -0.3 is 10.4 Å². The summed E-state index contributed by atoms with van der Waals surface area (Å²) in [5.41, 5.74) is 0.624. The third-order valence-electron chi connectivity index (χ3n) is 3.86. The molecule has 1 unspecified atom stereocenters. The van der Waals surface area contributed by atoms with Crippen molar-refractivity contribution in [3.8, 4) is 0 Å². The fourth-order valence-corrected chi connectivity index (χ4v) is 5.24. The van der Waals surface area contributed by atoms with Gasteiger partial charge in [-0.05, 0) is 22.9 Å². The third-order valence-corrected chi connectivity index (χ3v) is 6.75. The van der Waals surface area contributed by atoms with Crippen LogP contribution in [0.15, 0.2) is 16.4 Å². The van der Waals surface area contributed by atoms with Gasteiger partial charge in [-0.15, -0.1) is 16.9 Å². The number of carbonyl (C=O) groups excluding carboxylic acids is 2. The summed E-state index contributed by atoms with van der Waals surface area (Å²) >= 11 is 5.80. The summed E-state index contributed by atoms with van der Waals surface area (Å²) < 4.78 is 1.62. The number of thioether (sulfide) groups is 2. The maximum atomic E-state index is 12.4. The second-order valence-electron chi connectivity index (χ2n) is 5.41. The molecule has 0 bridgehead atoms. The van der Waals surface area contributed by atoms with E-state index in [2.05, 4.69) is 36.8 Å². The Morgan fingerprint density at radius 1 is 1.50 bits per heavy atom. The van der Waals surface area contributed by atoms with Gasteiger partial charge in [-0.1, -0.05) is 27.7 Å². The summed E-state index contributed by atoms with van der Waals surface area (Å²) in [5, 5.41) is 23.9. The van der Waals surface area contributed by atoms with E-state index in [0.29, 0.717) is 28.8 Å². The molecule has 0 aromatic carbocycles. The van der Waals surface area contributed by atoms with Crippen molar-refractivity contribution in [1.29, 1.82) is 0 Å². The number of aryl methyl sites for hydroxylation is 1. The lowest BCUT2D eigenvalue weighted by molar-refractivity contribution is -0.150. The quantitative estimate of drug-likeness (QED) is 0.324.